The predicted molar refractivity (Wildman–Crippen MR) is 157 cm³/mol. The molecule has 10 nitrogen and oxygen atoms in total. The van der Waals surface area contributed by atoms with Crippen LogP contribution in [0, 0.1) is 12.7 Å². The van der Waals surface area contributed by atoms with Crippen LogP contribution in [-0.4, -0.2) is 67.7 Å². The van der Waals surface area contributed by atoms with Crippen LogP contribution in [0.3, 0.4) is 0 Å². The molecule has 2 aromatic carbocycles. The lowest BCUT2D eigenvalue weighted by Gasteiger charge is -2.30. The standard InChI is InChI=1S/C31H30F2N6O4/c1-18-26-25(29(41)43-27(18)22-14-21(40)13-19-5-2-6-23(33)24(19)22)28(34-9-12-39-11-4-8-35-39)37-30(36-26)42-17-31-7-3-10-38(31)16-20(32)15-31/h2,4-6,8,11,13-14,20,40H,3,7,9-10,12,15-17H2,1H3,(H,34,36,37)/t20-,31+/m1/s1. The molecule has 0 bridgehead atoms. The lowest BCUT2D eigenvalue weighted by molar-refractivity contribution is 0.107. The van der Waals surface area contributed by atoms with Crippen molar-refractivity contribution in [2.24, 2.45) is 0 Å². The number of fused-ring (bicyclic) bond motifs is 3. The van der Waals surface area contributed by atoms with Crippen molar-refractivity contribution in [3.05, 3.63) is 70.6 Å². The number of nitrogens with zero attached hydrogens (tertiary/aromatic N) is 5. The Morgan fingerprint density at radius 3 is 2.95 bits per heavy atom. The summed E-state index contributed by atoms with van der Waals surface area (Å²) in [6.45, 7) is 4.02. The summed E-state index contributed by atoms with van der Waals surface area (Å²) in [5, 5.41) is 18.6. The Morgan fingerprint density at radius 2 is 2.12 bits per heavy atom. The van der Waals surface area contributed by atoms with Gasteiger partial charge in [-0.2, -0.15) is 15.1 Å². The van der Waals surface area contributed by atoms with Gasteiger partial charge >= 0.3 is 11.6 Å². The number of alkyl halides is 1. The summed E-state index contributed by atoms with van der Waals surface area (Å²) >= 11 is 0. The number of halogens is 2. The maximum Gasteiger partial charge on any atom is 0.349 e. The summed E-state index contributed by atoms with van der Waals surface area (Å²) in [6.07, 6.45) is 4.76. The molecule has 0 unspecified atom stereocenters. The molecule has 43 heavy (non-hydrogen) atoms. The Kier molecular flexibility index (Phi) is 6.72. The van der Waals surface area contributed by atoms with E-state index in [4.69, 9.17) is 9.15 Å². The number of anilines is 1. The summed E-state index contributed by atoms with van der Waals surface area (Å²) in [4.78, 5) is 24.9. The SMILES string of the molecule is Cc1c(-c2cc(O)cc3cccc(F)c23)oc(=O)c2c(NCCn3cccn3)nc(OC[C@@]34CCCN3C[C@H](F)C4)nc12. The van der Waals surface area contributed by atoms with E-state index in [0.29, 0.717) is 37.0 Å². The molecule has 0 saturated carbocycles. The van der Waals surface area contributed by atoms with Gasteiger partial charge in [0, 0.05) is 48.4 Å². The van der Waals surface area contributed by atoms with E-state index in [0.717, 1.165) is 19.4 Å². The van der Waals surface area contributed by atoms with Crippen molar-refractivity contribution in [2.75, 3.05) is 31.6 Å². The third-order valence-electron chi connectivity index (χ3n) is 8.56. The second-order valence-corrected chi connectivity index (χ2v) is 11.3. The van der Waals surface area contributed by atoms with Gasteiger partial charge in [-0.1, -0.05) is 12.1 Å². The minimum absolute atomic E-state index is 0.0317. The van der Waals surface area contributed by atoms with Crippen LogP contribution >= 0.6 is 0 Å². The normalized spacial score (nSPS) is 20.2. The Hall–Kier alpha value is -4.58. The number of phenols is 1. The predicted octanol–water partition coefficient (Wildman–Crippen LogP) is 4.82. The van der Waals surface area contributed by atoms with Gasteiger partial charge in [0.05, 0.1) is 17.6 Å². The molecule has 2 aliphatic rings. The van der Waals surface area contributed by atoms with Crippen molar-refractivity contribution in [3.8, 4) is 23.1 Å². The molecular formula is C31H30F2N6O4. The van der Waals surface area contributed by atoms with Gasteiger partial charge in [0.2, 0.25) is 0 Å². The van der Waals surface area contributed by atoms with Gasteiger partial charge in [0.1, 0.15) is 41.3 Å². The van der Waals surface area contributed by atoms with Crippen LogP contribution in [0.4, 0.5) is 14.6 Å². The Bertz CT molecular complexity index is 1900. The topological polar surface area (TPSA) is 119 Å². The number of aromatic hydroxyl groups is 1. The van der Waals surface area contributed by atoms with E-state index in [-0.39, 0.29) is 51.8 Å². The van der Waals surface area contributed by atoms with Gasteiger partial charge < -0.3 is 19.6 Å². The van der Waals surface area contributed by atoms with Crippen LogP contribution in [-0.2, 0) is 6.54 Å². The third-order valence-corrected chi connectivity index (χ3v) is 8.56. The summed E-state index contributed by atoms with van der Waals surface area (Å²) in [5.74, 6) is -0.332. The molecule has 2 atom stereocenters. The summed E-state index contributed by atoms with van der Waals surface area (Å²) < 4.78 is 43.2. The number of aromatic nitrogens is 4. The summed E-state index contributed by atoms with van der Waals surface area (Å²) in [7, 11) is 0. The average molecular weight is 589 g/mol. The van der Waals surface area contributed by atoms with E-state index >= 15 is 4.39 Å². The number of hydrogen-bond acceptors (Lipinski definition) is 9. The van der Waals surface area contributed by atoms with Crippen LogP contribution in [0.2, 0.25) is 0 Å². The zero-order chi connectivity index (χ0) is 29.7. The lowest BCUT2D eigenvalue weighted by Crippen LogP contribution is -2.43. The average Bonchev–Trinajstić information content (AvgIpc) is 3.70. The molecule has 2 saturated heterocycles. The van der Waals surface area contributed by atoms with Crippen LogP contribution in [0.25, 0.3) is 33.0 Å². The van der Waals surface area contributed by atoms with Gasteiger partial charge in [0.25, 0.3) is 0 Å². The van der Waals surface area contributed by atoms with Crippen LogP contribution in [0.15, 0.2) is 58.0 Å². The second kappa shape index (κ2) is 10.6. The zero-order valence-corrected chi connectivity index (χ0v) is 23.5. The molecule has 7 rings (SSSR count). The van der Waals surface area contributed by atoms with Gasteiger partial charge in [-0.3, -0.25) is 9.58 Å². The Labute approximate surface area is 244 Å². The zero-order valence-electron chi connectivity index (χ0n) is 23.5. The molecule has 5 heterocycles. The Balaban J connectivity index is 1.33. The number of aryl methyl sites for hydroxylation is 1. The van der Waals surface area contributed by atoms with Crippen molar-refractivity contribution in [1.82, 2.24) is 24.6 Å². The van der Waals surface area contributed by atoms with Crippen molar-refractivity contribution < 1.29 is 23.0 Å². The fourth-order valence-electron chi connectivity index (χ4n) is 6.60. The highest BCUT2D eigenvalue weighted by Crippen LogP contribution is 2.41. The van der Waals surface area contributed by atoms with Crippen molar-refractivity contribution in [2.45, 2.75) is 44.4 Å². The summed E-state index contributed by atoms with van der Waals surface area (Å²) in [5.41, 5.74) is -0.217. The van der Waals surface area contributed by atoms with Gasteiger partial charge in [-0.25, -0.2) is 13.6 Å². The third kappa shape index (κ3) is 4.85. The van der Waals surface area contributed by atoms with E-state index < -0.39 is 23.2 Å². The molecule has 0 aliphatic carbocycles. The first-order valence-corrected chi connectivity index (χ1v) is 14.3. The quantitative estimate of drug-likeness (QED) is 0.263. The van der Waals surface area contributed by atoms with Gasteiger partial charge in [0.15, 0.2) is 0 Å². The smallest absolute Gasteiger partial charge is 0.349 e. The molecule has 2 N–H and O–H groups in total. The molecule has 0 radical (unpaired) electrons. The first-order valence-electron chi connectivity index (χ1n) is 14.3. The van der Waals surface area contributed by atoms with Crippen LogP contribution in [0.1, 0.15) is 24.8 Å². The van der Waals surface area contributed by atoms with Crippen molar-refractivity contribution >= 4 is 27.5 Å². The number of rotatable bonds is 8. The fourth-order valence-corrected chi connectivity index (χ4v) is 6.60. The monoisotopic (exact) mass is 588 g/mol. The van der Waals surface area contributed by atoms with E-state index in [1.54, 1.807) is 29.9 Å². The maximum absolute atomic E-state index is 15.1. The number of phenolic OH excluding ortho intramolecular Hbond substituents is 1. The number of nitrogens with one attached hydrogen (secondary N) is 1. The molecule has 2 aliphatic heterocycles. The highest BCUT2D eigenvalue weighted by atomic mass is 19.1. The lowest BCUT2D eigenvalue weighted by atomic mass is 9.95. The fraction of sp³-hybridized carbons (Fsp3) is 0.355. The van der Waals surface area contributed by atoms with Crippen LogP contribution < -0.4 is 15.7 Å². The molecule has 3 aromatic heterocycles. The second-order valence-electron chi connectivity index (χ2n) is 11.3. The van der Waals surface area contributed by atoms with E-state index in [1.807, 2.05) is 12.3 Å². The number of hydrogen-bond donors (Lipinski definition) is 2. The molecule has 12 heteroatoms. The van der Waals surface area contributed by atoms with Crippen molar-refractivity contribution in [3.63, 3.8) is 0 Å². The largest absolute Gasteiger partial charge is 0.508 e. The summed E-state index contributed by atoms with van der Waals surface area (Å²) in [6, 6.07) is 9.18. The highest BCUT2D eigenvalue weighted by molar-refractivity contribution is 6.00. The molecule has 222 valence electrons. The van der Waals surface area contributed by atoms with E-state index in [9.17, 15) is 14.3 Å². The number of ether oxygens (including phenoxy) is 1. The number of benzene rings is 2. The first-order chi connectivity index (χ1) is 20.8. The van der Waals surface area contributed by atoms with E-state index in [2.05, 4.69) is 25.3 Å². The van der Waals surface area contributed by atoms with Gasteiger partial charge in [-0.05, 0) is 56.0 Å². The highest BCUT2D eigenvalue weighted by Gasteiger charge is 2.49. The minimum Gasteiger partial charge on any atom is -0.508 e. The molecule has 0 spiro atoms. The molecule has 5 aromatic rings. The minimum atomic E-state index is -0.909. The molecule has 2 fully saturated rings. The van der Waals surface area contributed by atoms with Crippen molar-refractivity contribution in [1.29, 1.82) is 0 Å². The maximum atomic E-state index is 15.1. The molecular weight excluding hydrogens is 558 g/mol. The first kappa shape index (κ1) is 27.3. The van der Waals surface area contributed by atoms with Gasteiger partial charge in [-0.15, -0.1) is 0 Å². The van der Waals surface area contributed by atoms with Crippen LogP contribution in [0.5, 0.6) is 11.8 Å². The molecule has 0 amide bonds. The Morgan fingerprint density at radius 1 is 1.23 bits per heavy atom. The van der Waals surface area contributed by atoms with E-state index in [1.165, 1.54) is 18.2 Å².